The van der Waals surface area contributed by atoms with Crippen LogP contribution in [0.3, 0.4) is 0 Å². The van der Waals surface area contributed by atoms with E-state index in [-0.39, 0.29) is 11.8 Å². The Hall–Kier alpha value is -1.84. The van der Waals surface area contributed by atoms with Gasteiger partial charge in [-0.3, -0.25) is 9.59 Å². The summed E-state index contributed by atoms with van der Waals surface area (Å²) in [4.78, 5) is 28.3. The lowest BCUT2D eigenvalue weighted by atomic mass is 10.1. The standard InChI is InChI=1S/C18H24N2O2/c1-2-4-17(21)19-9-11-20(12-10-19)18(22)16-8-7-14-5-3-6-15(14)13-16/h7-8,13H,2-6,9-12H2,1H3. The fourth-order valence-electron chi connectivity index (χ4n) is 3.42. The number of carbonyl (C=O) groups is 2. The average Bonchev–Trinajstić information content (AvgIpc) is 3.02. The van der Waals surface area contributed by atoms with Crippen LogP contribution >= 0.6 is 0 Å². The number of hydrogen-bond donors (Lipinski definition) is 0. The highest BCUT2D eigenvalue weighted by Crippen LogP contribution is 2.23. The van der Waals surface area contributed by atoms with Gasteiger partial charge in [-0.2, -0.15) is 0 Å². The number of aryl methyl sites for hydroxylation is 2. The fourth-order valence-corrected chi connectivity index (χ4v) is 3.42. The number of carbonyl (C=O) groups excluding carboxylic acids is 2. The molecule has 3 rings (SSSR count). The summed E-state index contributed by atoms with van der Waals surface area (Å²) in [6, 6.07) is 6.14. The van der Waals surface area contributed by atoms with Gasteiger partial charge in [-0.1, -0.05) is 13.0 Å². The first-order chi connectivity index (χ1) is 10.7. The number of rotatable bonds is 3. The van der Waals surface area contributed by atoms with Crippen molar-refractivity contribution in [2.45, 2.75) is 39.0 Å². The van der Waals surface area contributed by atoms with Crippen molar-refractivity contribution < 1.29 is 9.59 Å². The van der Waals surface area contributed by atoms with Gasteiger partial charge in [-0.25, -0.2) is 0 Å². The summed E-state index contributed by atoms with van der Waals surface area (Å²) in [6.45, 7) is 4.63. The van der Waals surface area contributed by atoms with Crippen molar-refractivity contribution in [1.29, 1.82) is 0 Å². The largest absolute Gasteiger partial charge is 0.339 e. The molecule has 0 spiro atoms. The van der Waals surface area contributed by atoms with Crippen molar-refractivity contribution in [2.75, 3.05) is 26.2 Å². The van der Waals surface area contributed by atoms with E-state index in [1.165, 1.54) is 17.5 Å². The molecule has 1 saturated heterocycles. The molecular formula is C18H24N2O2. The topological polar surface area (TPSA) is 40.6 Å². The second-order valence-corrected chi connectivity index (χ2v) is 6.26. The molecule has 0 bridgehead atoms. The van der Waals surface area contributed by atoms with E-state index in [2.05, 4.69) is 12.1 Å². The zero-order valence-corrected chi connectivity index (χ0v) is 13.3. The Balaban J connectivity index is 1.61. The van der Waals surface area contributed by atoms with Crippen LogP contribution in [0.2, 0.25) is 0 Å². The van der Waals surface area contributed by atoms with Crippen molar-refractivity contribution in [3.8, 4) is 0 Å². The first-order valence-corrected chi connectivity index (χ1v) is 8.38. The quantitative estimate of drug-likeness (QED) is 0.859. The Labute approximate surface area is 132 Å². The van der Waals surface area contributed by atoms with Gasteiger partial charge in [-0.15, -0.1) is 0 Å². The lowest BCUT2D eigenvalue weighted by Gasteiger charge is -2.35. The molecule has 0 radical (unpaired) electrons. The smallest absolute Gasteiger partial charge is 0.253 e. The van der Waals surface area contributed by atoms with Crippen LogP contribution < -0.4 is 0 Å². The molecule has 1 aliphatic carbocycles. The maximum absolute atomic E-state index is 12.6. The van der Waals surface area contributed by atoms with Crippen LogP contribution in [-0.2, 0) is 17.6 Å². The molecule has 4 heteroatoms. The lowest BCUT2D eigenvalue weighted by molar-refractivity contribution is -0.132. The van der Waals surface area contributed by atoms with Crippen LogP contribution in [0.25, 0.3) is 0 Å². The number of amides is 2. The highest BCUT2D eigenvalue weighted by molar-refractivity contribution is 5.94. The van der Waals surface area contributed by atoms with Crippen molar-refractivity contribution in [3.63, 3.8) is 0 Å². The first-order valence-electron chi connectivity index (χ1n) is 8.38. The van der Waals surface area contributed by atoms with Crippen molar-refractivity contribution in [2.24, 2.45) is 0 Å². The molecule has 0 unspecified atom stereocenters. The van der Waals surface area contributed by atoms with Gasteiger partial charge in [0.05, 0.1) is 0 Å². The molecule has 2 amide bonds. The maximum atomic E-state index is 12.6. The van der Waals surface area contributed by atoms with Gasteiger partial charge in [-0.05, 0) is 48.9 Å². The zero-order valence-electron chi connectivity index (χ0n) is 13.3. The molecule has 4 nitrogen and oxygen atoms in total. The molecule has 0 aromatic heterocycles. The number of hydrogen-bond acceptors (Lipinski definition) is 2. The summed E-state index contributed by atoms with van der Waals surface area (Å²) in [5, 5.41) is 0. The summed E-state index contributed by atoms with van der Waals surface area (Å²) >= 11 is 0. The average molecular weight is 300 g/mol. The monoisotopic (exact) mass is 300 g/mol. The highest BCUT2D eigenvalue weighted by atomic mass is 16.2. The summed E-state index contributed by atoms with van der Waals surface area (Å²) in [5.74, 6) is 0.324. The number of nitrogens with zero attached hydrogens (tertiary/aromatic N) is 2. The normalized spacial score (nSPS) is 17.5. The van der Waals surface area contributed by atoms with E-state index in [1.807, 2.05) is 22.8 Å². The third kappa shape index (κ3) is 3.01. The van der Waals surface area contributed by atoms with Crippen molar-refractivity contribution in [3.05, 3.63) is 34.9 Å². The van der Waals surface area contributed by atoms with Gasteiger partial charge in [0, 0.05) is 38.2 Å². The summed E-state index contributed by atoms with van der Waals surface area (Å²) in [7, 11) is 0. The molecule has 0 saturated carbocycles. The lowest BCUT2D eigenvalue weighted by Crippen LogP contribution is -2.50. The van der Waals surface area contributed by atoms with E-state index in [0.717, 1.165) is 24.8 Å². The zero-order chi connectivity index (χ0) is 15.5. The van der Waals surface area contributed by atoms with Gasteiger partial charge in [0.15, 0.2) is 0 Å². The number of fused-ring (bicyclic) bond motifs is 1. The van der Waals surface area contributed by atoms with Gasteiger partial charge < -0.3 is 9.80 Å². The summed E-state index contributed by atoms with van der Waals surface area (Å²) in [6.07, 6.45) is 4.93. The number of piperazine rings is 1. The molecule has 118 valence electrons. The molecule has 0 atom stereocenters. The molecule has 1 aliphatic heterocycles. The maximum Gasteiger partial charge on any atom is 0.253 e. The Bertz CT molecular complexity index is 574. The SMILES string of the molecule is CCCC(=O)N1CCN(C(=O)c2ccc3c(c2)CCC3)CC1. The van der Waals surface area contributed by atoms with Crippen LogP contribution in [0.4, 0.5) is 0 Å². The van der Waals surface area contributed by atoms with Crippen LogP contribution in [0.15, 0.2) is 18.2 Å². The Morgan fingerprint density at radius 1 is 1.00 bits per heavy atom. The summed E-state index contributed by atoms with van der Waals surface area (Å²) < 4.78 is 0. The van der Waals surface area contributed by atoms with Gasteiger partial charge in [0.25, 0.3) is 5.91 Å². The Morgan fingerprint density at radius 3 is 2.41 bits per heavy atom. The molecule has 0 N–H and O–H groups in total. The minimum atomic E-state index is 0.109. The predicted molar refractivity (Wildman–Crippen MR) is 85.9 cm³/mol. The van der Waals surface area contributed by atoms with Gasteiger partial charge in [0.2, 0.25) is 5.91 Å². The first kappa shape index (κ1) is 15.1. The van der Waals surface area contributed by atoms with E-state index < -0.39 is 0 Å². The Kier molecular flexibility index (Phi) is 4.46. The third-order valence-corrected chi connectivity index (χ3v) is 4.73. The molecule has 1 fully saturated rings. The number of benzene rings is 1. The van der Waals surface area contributed by atoms with Crippen LogP contribution in [0, 0.1) is 0 Å². The van der Waals surface area contributed by atoms with Crippen LogP contribution in [0.5, 0.6) is 0 Å². The second-order valence-electron chi connectivity index (χ2n) is 6.26. The van der Waals surface area contributed by atoms with Gasteiger partial charge >= 0.3 is 0 Å². The second kappa shape index (κ2) is 6.51. The van der Waals surface area contributed by atoms with Crippen LogP contribution in [0.1, 0.15) is 47.7 Å². The van der Waals surface area contributed by atoms with E-state index in [0.29, 0.717) is 32.6 Å². The fraction of sp³-hybridized carbons (Fsp3) is 0.556. The van der Waals surface area contributed by atoms with E-state index >= 15 is 0 Å². The molecule has 22 heavy (non-hydrogen) atoms. The van der Waals surface area contributed by atoms with Crippen molar-refractivity contribution >= 4 is 11.8 Å². The Morgan fingerprint density at radius 2 is 1.68 bits per heavy atom. The van der Waals surface area contributed by atoms with Crippen LogP contribution in [-0.4, -0.2) is 47.8 Å². The minimum absolute atomic E-state index is 0.109. The van der Waals surface area contributed by atoms with E-state index in [1.54, 1.807) is 0 Å². The molecule has 1 aromatic carbocycles. The predicted octanol–water partition coefficient (Wildman–Crippen LogP) is 2.26. The third-order valence-electron chi connectivity index (χ3n) is 4.73. The molecule has 1 heterocycles. The molecule has 2 aliphatic rings. The minimum Gasteiger partial charge on any atom is -0.339 e. The van der Waals surface area contributed by atoms with E-state index in [9.17, 15) is 9.59 Å². The molecule has 1 aromatic rings. The molecular weight excluding hydrogens is 276 g/mol. The summed E-state index contributed by atoms with van der Waals surface area (Å²) in [5.41, 5.74) is 3.53. The van der Waals surface area contributed by atoms with Gasteiger partial charge in [0.1, 0.15) is 0 Å². The van der Waals surface area contributed by atoms with Crippen molar-refractivity contribution in [1.82, 2.24) is 9.80 Å². The highest BCUT2D eigenvalue weighted by Gasteiger charge is 2.25. The van der Waals surface area contributed by atoms with E-state index in [4.69, 9.17) is 0 Å².